The van der Waals surface area contributed by atoms with Gasteiger partial charge in [0.2, 0.25) is 5.28 Å². The zero-order chi connectivity index (χ0) is 17.0. The van der Waals surface area contributed by atoms with Crippen molar-refractivity contribution in [2.45, 2.75) is 32.2 Å². The Bertz CT molecular complexity index is 1070. The molecule has 0 N–H and O–H groups in total. The lowest BCUT2D eigenvalue weighted by Gasteiger charge is -2.10. The molecular weight excluding hydrogens is 334 g/mol. The lowest BCUT2D eigenvalue weighted by atomic mass is 9.96. The monoisotopic (exact) mass is 349 g/mol. The van der Waals surface area contributed by atoms with E-state index in [1.165, 1.54) is 11.6 Å². The number of hydrogen-bond acceptors (Lipinski definition) is 5. The van der Waals surface area contributed by atoms with Gasteiger partial charge in [0.15, 0.2) is 11.2 Å². The molecule has 0 saturated heterocycles. The molecular formula is C15H16ClN5O3. The molecule has 0 atom stereocenters. The Morgan fingerprint density at radius 2 is 1.92 bits per heavy atom. The molecule has 0 unspecified atom stereocenters. The van der Waals surface area contributed by atoms with Crippen LogP contribution >= 0.6 is 11.6 Å². The summed E-state index contributed by atoms with van der Waals surface area (Å²) in [6, 6.07) is 0. The number of imidazole rings is 1. The summed E-state index contributed by atoms with van der Waals surface area (Å²) in [5.41, 5.74) is 1.56. The van der Waals surface area contributed by atoms with E-state index in [0.717, 1.165) is 47.3 Å². The highest BCUT2D eigenvalue weighted by atomic mass is 35.5. The quantitative estimate of drug-likeness (QED) is 0.644. The average molecular weight is 350 g/mol. The topological polar surface area (TPSA) is 87.8 Å². The fourth-order valence-corrected chi connectivity index (χ4v) is 3.51. The number of rotatable bonds is 2. The normalized spacial score (nSPS) is 14.3. The van der Waals surface area contributed by atoms with Crippen LogP contribution in [0.1, 0.15) is 29.9 Å². The van der Waals surface area contributed by atoms with Crippen molar-refractivity contribution in [3.63, 3.8) is 0 Å². The molecule has 0 aromatic carbocycles. The third-order valence-electron chi connectivity index (χ3n) is 4.64. The van der Waals surface area contributed by atoms with Gasteiger partial charge in [0.25, 0.3) is 5.56 Å². The van der Waals surface area contributed by atoms with Gasteiger partial charge in [0.05, 0.1) is 6.54 Å². The van der Waals surface area contributed by atoms with Gasteiger partial charge in [-0.3, -0.25) is 13.9 Å². The summed E-state index contributed by atoms with van der Waals surface area (Å²) in [7, 11) is 3.00. The summed E-state index contributed by atoms with van der Waals surface area (Å²) in [6.07, 6.45) is 3.99. The van der Waals surface area contributed by atoms with Crippen LogP contribution in [0.15, 0.2) is 14.1 Å². The predicted octanol–water partition coefficient (Wildman–Crippen LogP) is 1.00. The highest BCUT2D eigenvalue weighted by molar-refractivity contribution is 6.29. The molecule has 1 aliphatic rings. The van der Waals surface area contributed by atoms with Crippen molar-refractivity contribution >= 4 is 22.8 Å². The summed E-state index contributed by atoms with van der Waals surface area (Å²) in [4.78, 5) is 28.8. The van der Waals surface area contributed by atoms with Crippen LogP contribution in [0.5, 0.6) is 0 Å². The standard InChI is InChI=1S/C15H16ClN5O3/c1-19-12-11(13(22)20(2)15(19)23)21(14(16)17-12)7-9-8-5-3-4-6-10(8)24-18-9/h3-7H2,1-2H3. The number of aromatic nitrogens is 5. The maximum Gasteiger partial charge on any atom is 0.332 e. The molecule has 4 rings (SSSR count). The molecule has 0 saturated carbocycles. The average Bonchev–Trinajstić information content (AvgIpc) is 3.14. The van der Waals surface area contributed by atoms with Crippen molar-refractivity contribution in [2.24, 2.45) is 14.1 Å². The van der Waals surface area contributed by atoms with Crippen LogP contribution < -0.4 is 11.2 Å². The highest BCUT2D eigenvalue weighted by Gasteiger charge is 2.23. The second-order valence-corrected chi connectivity index (χ2v) is 6.42. The van der Waals surface area contributed by atoms with Crippen LogP contribution in [0.25, 0.3) is 11.2 Å². The van der Waals surface area contributed by atoms with Crippen molar-refractivity contribution < 1.29 is 4.52 Å². The Balaban J connectivity index is 1.92. The number of aryl methyl sites for hydroxylation is 2. The van der Waals surface area contributed by atoms with Gasteiger partial charge in [-0.05, 0) is 30.9 Å². The SMILES string of the molecule is Cn1c(=O)c2c(nc(Cl)n2Cc2noc3c2CCCC3)n(C)c1=O. The Morgan fingerprint density at radius 3 is 2.71 bits per heavy atom. The molecule has 0 fully saturated rings. The fraction of sp³-hybridized carbons (Fsp3) is 0.467. The van der Waals surface area contributed by atoms with Crippen molar-refractivity contribution in [3.8, 4) is 0 Å². The second kappa shape index (κ2) is 5.34. The van der Waals surface area contributed by atoms with Crippen LogP contribution in [-0.2, 0) is 33.5 Å². The smallest absolute Gasteiger partial charge is 0.332 e. The maximum absolute atomic E-state index is 12.5. The fourth-order valence-electron chi connectivity index (χ4n) is 3.29. The Hall–Kier alpha value is -2.35. The number of hydrogen-bond donors (Lipinski definition) is 0. The highest BCUT2D eigenvalue weighted by Crippen LogP contribution is 2.26. The molecule has 0 spiro atoms. The minimum Gasteiger partial charge on any atom is -0.361 e. The van der Waals surface area contributed by atoms with E-state index in [9.17, 15) is 9.59 Å². The first kappa shape index (κ1) is 15.2. The van der Waals surface area contributed by atoms with E-state index in [4.69, 9.17) is 16.1 Å². The summed E-state index contributed by atoms with van der Waals surface area (Å²) in [5, 5.41) is 4.30. The van der Waals surface area contributed by atoms with Gasteiger partial charge in [0.1, 0.15) is 11.5 Å². The number of fused-ring (bicyclic) bond motifs is 2. The van der Waals surface area contributed by atoms with Crippen LogP contribution in [0.2, 0.25) is 5.28 Å². The summed E-state index contributed by atoms with van der Waals surface area (Å²) in [5.74, 6) is 0.914. The summed E-state index contributed by atoms with van der Waals surface area (Å²) in [6.45, 7) is 0.293. The summed E-state index contributed by atoms with van der Waals surface area (Å²) < 4.78 is 9.38. The van der Waals surface area contributed by atoms with Crippen LogP contribution in [0.3, 0.4) is 0 Å². The lowest BCUT2D eigenvalue weighted by Crippen LogP contribution is -2.37. The largest absolute Gasteiger partial charge is 0.361 e. The van der Waals surface area contributed by atoms with Crippen LogP contribution in [0, 0.1) is 0 Å². The first-order valence-electron chi connectivity index (χ1n) is 7.77. The van der Waals surface area contributed by atoms with Crippen LogP contribution in [-0.4, -0.2) is 23.8 Å². The van der Waals surface area contributed by atoms with Gasteiger partial charge in [-0.15, -0.1) is 0 Å². The molecule has 126 valence electrons. The van der Waals surface area contributed by atoms with E-state index < -0.39 is 11.2 Å². The van der Waals surface area contributed by atoms with Gasteiger partial charge in [-0.2, -0.15) is 4.98 Å². The molecule has 0 radical (unpaired) electrons. The van der Waals surface area contributed by atoms with E-state index in [1.807, 2.05) is 0 Å². The van der Waals surface area contributed by atoms with Gasteiger partial charge < -0.3 is 9.09 Å². The Kier molecular flexibility index (Phi) is 3.38. The van der Waals surface area contributed by atoms with Crippen molar-refractivity contribution in [1.29, 1.82) is 0 Å². The third-order valence-corrected chi connectivity index (χ3v) is 4.93. The van der Waals surface area contributed by atoms with Gasteiger partial charge >= 0.3 is 5.69 Å². The molecule has 3 heterocycles. The van der Waals surface area contributed by atoms with Crippen molar-refractivity contribution in [3.05, 3.63) is 43.1 Å². The maximum atomic E-state index is 12.5. The third kappa shape index (κ3) is 2.06. The van der Waals surface area contributed by atoms with Gasteiger partial charge in [0, 0.05) is 26.1 Å². The minimum absolute atomic E-state index is 0.149. The first-order chi connectivity index (χ1) is 11.5. The van der Waals surface area contributed by atoms with Crippen molar-refractivity contribution in [1.82, 2.24) is 23.8 Å². The van der Waals surface area contributed by atoms with Crippen molar-refractivity contribution in [2.75, 3.05) is 0 Å². The van der Waals surface area contributed by atoms with E-state index in [-0.39, 0.29) is 16.4 Å². The summed E-state index contributed by atoms with van der Waals surface area (Å²) >= 11 is 6.25. The molecule has 24 heavy (non-hydrogen) atoms. The zero-order valence-electron chi connectivity index (χ0n) is 13.4. The molecule has 3 aromatic heterocycles. The second-order valence-electron chi connectivity index (χ2n) is 6.08. The minimum atomic E-state index is -0.437. The van der Waals surface area contributed by atoms with Gasteiger partial charge in [-0.25, -0.2) is 4.79 Å². The van der Waals surface area contributed by atoms with E-state index in [2.05, 4.69) is 10.1 Å². The van der Waals surface area contributed by atoms with E-state index in [1.54, 1.807) is 11.6 Å². The van der Waals surface area contributed by atoms with E-state index in [0.29, 0.717) is 6.54 Å². The predicted molar refractivity (Wildman–Crippen MR) is 87.5 cm³/mol. The van der Waals surface area contributed by atoms with E-state index >= 15 is 0 Å². The molecule has 8 nitrogen and oxygen atoms in total. The molecule has 0 bridgehead atoms. The molecule has 0 amide bonds. The molecule has 3 aromatic rings. The first-order valence-corrected chi connectivity index (χ1v) is 8.15. The number of nitrogens with zero attached hydrogens (tertiary/aromatic N) is 5. The van der Waals surface area contributed by atoms with Crippen LogP contribution in [0.4, 0.5) is 0 Å². The Morgan fingerprint density at radius 1 is 1.17 bits per heavy atom. The molecule has 9 heteroatoms. The molecule has 1 aliphatic carbocycles. The molecule has 0 aliphatic heterocycles. The zero-order valence-corrected chi connectivity index (χ0v) is 14.1. The lowest BCUT2D eigenvalue weighted by molar-refractivity contribution is 0.367. The number of halogens is 1. The Labute approximate surface area is 141 Å². The van der Waals surface area contributed by atoms with Gasteiger partial charge in [-0.1, -0.05) is 5.16 Å².